The molecule has 27 heavy (non-hydrogen) atoms. The van der Waals surface area contributed by atoms with Crippen molar-refractivity contribution in [1.82, 2.24) is 15.1 Å². The topological polar surface area (TPSA) is 74.2 Å². The lowest BCUT2D eigenvalue weighted by molar-refractivity contribution is 0.278. The van der Waals surface area contributed by atoms with Gasteiger partial charge in [0.1, 0.15) is 12.4 Å². The highest BCUT2D eigenvalue weighted by atomic mass is 127. The number of nitrogens with zero attached hydrogens (tertiary/aromatic N) is 3. The second-order valence-corrected chi connectivity index (χ2v) is 8.93. The van der Waals surface area contributed by atoms with Gasteiger partial charge < -0.3 is 15.0 Å². The van der Waals surface area contributed by atoms with Gasteiger partial charge in [0.25, 0.3) is 0 Å². The Kier molecular flexibility index (Phi) is 10.7. The van der Waals surface area contributed by atoms with Crippen molar-refractivity contribution in [3.05, 3.63) is 29.3 Å². The molecule has 2 rings (SSSR count). The average molecular weight is 531 g/mol. The molecule has 1 saturated heterocycles. The molecule has 0 aliphatic carbocycles. The molecule has 10 heteroatoms. The molecule has 1 aliphatic rings. The zero-order valence-electron chi connectivity index (χ0n) is 15.7. The molecule has 7 nitrogen and oxygen atoms in total. The fourth-order valence-corrected chi connectivity index (χ4v) is 4.02. The average Bonchev–Trinajstić information content (AvgIpc) is 2.61. The SMILES string of the molecule is CN=C(NCCN1CCS(=O)(=O)CC1)N(C)CCOc1ccc(Cl)cc1.I. The van der Waals surface area contributed by atoms with E-state index in [1.165, 1.54) is 0 Å². The van der Waals surface area contributed by atoms with Gasteiger partial charge in [-0.1, -0.05) is 11.6 Å². The van der Waals surface area contributed by atoms with Crippen LogP contribution in [0.4, 0.5) is 0 Å². The highest BCUT2D eigenvalue weighted by Crippen LogP contribution is 2.15. The number of sulfone groups is 1. The first-order valence-corrected chi connectivity index (χ1v) is 10.8. The minimum Gasteiger partial charge on any atom is -0.492 e. The maximum absolute atomic E-state index is 11.4. The van der Waals surface area contributed by atoms with Gasteiger partial charge in [-0.15, -0.1) is 24.0 Å². The van der Waals surface area contributed by atoms with Crippen molar-refractivity contribution in [1.29, 1.82) is 0 Å². The molecule has 154 valence electrons. The van der Waals surface area contributed by atoms with E-state index in [1.807, 2.05) is 24.1 Å². The summed E-state index contributed by atoms with van der Waals surface area (Å²) in [5.74, 6) is 2.08. The van der Waals surface area contributed by atoms with Gasteiger partial charge in [0, 0.05) is 45.3 Å². The Hall–Kier alpha value is -0.780. The van der Waals surface area contributed by atoms with Crippen LogP contribution in [-0.4, -0.2) is 89.1 Å². The van der Waals surface area contributed by atoms with Gasteiger partial charge in [-0.2, -0.15) is 0 Å². The van der Waals surface area contributed by atoms with E-state index in [9.17, 15) is 8.42 Å². The number of nitrogens with one attached hydrogen (secondary N) is 1. The maximum atomic E-state index is 11.4. The summed E-state index contributed by atoms with van der Waals surface area (Å²) in [6.07, 6.45) is 0. The first kappa shape index (κ1) is 24.3. The monoisotopic (exact) mass is 530 g/mol. The van der Waals surface area contributed by atoms with Crippen LogP contribution in [-0.2, 0) is 9.84 Å². The van der Waals surface area contributed by atoms with Gasteiger partial charge in [0.05, 0.1) is 18.1 Å². The lowest BCUT2D eigenvalue weighted by Gasteiger charge is -2.28. The van der Waals surface area contributed by atoms with Gasteiger partial charge in [-0.3, -0.25) is 9.89 Å². The number of hydrogen-bond acceptors (Lipinski definition) is 5. The van der Waals surface area contributed by atoms with Crippen molar-refractivity contribution in [2.75, 3.05) is 64.9 Å². The lowest BCUT2D eigenvalue weighted by Crippen LogP contribution is -2.46. The largest absolute Gasteiger partial charge is 0.492 e. The molecule has 1 aromatic carbocycles. The van der Waals surface area contributed by atoms with Crippen LogP contribution in [0.25, 0.3) is 0 Å². The molecule has 0 aromatic heterocycles. The van der Waals surface area contributed by atoms with Gasteiger partial charge in [0.2, 0.25) is 0 Å². The Labute approximate surface area is 184 Å². The van der Waals surface area contributed by atoms with Crippen molar-refractivity contribution in [3.8, 4) is 5.75 Å². The molecule has 1 heterocycles. The van der Waals surface area contributed by atoms with Crippen molar-refractivity contribution < 1.29 is 13.2 Å². The summed E-state index contributed by atoms with van der Waals surface area (Å²) in [7, 11) is 0.869. The molecule has 1 N–H and O–H groups in total. The van der Waals surface area contributed by atoms with E-state index < -0.39 is 9.84 Å². The van der Waals surface area contributed by atoms with Crippen molar-refractivity contribution >= 4 is 51.4 Å². The Morgan fingerprint density at radius 3 is 2.52 bits per heavy atom. The number of benzene rings is 1. The zero-order chi connectivity index (χ0) is 19.0. The quantitative estimate of drug-likeness (QED) is 0.328. The number of guanidine groups is 1. The third-order valence-corrected chi connectivity index (χ3v) is 6.09. The summed E-state index contributed by atoms with van der Waals surface area (Å²) in [6, 6.07) is 7.28. The van der Waals surface area contributed by atoms with E-state index in [4.69, 9.17) is 16.3 Å². The van der Waals surface area contributed by atoms with Crippen LogP contribution in [0.2, 0.25) is 5.02 Å². The van der Waals surface area contributed by atoms with Crippen LogP contribution in [0.15, 0.2) is 29.3 Å². The molecule has 1 aromatic rings. The third-order valence-electron chi connectivity index (χ3n) is 4.23. The Morgan fingerprint density at radius 1 is 1.30 bits per heavy atom. The summed E-state index contributed by atoms with van der Waals surface area (Å²) in [6.45, 7) is 3.94. The van der Waals surface area contributed by atoms with Crippen molar-refractivity contribution in [2.45, 2.75) is 0 Å². The normalized spacial score (nSPS) is 17.1. The Balaban J connectivity index is 0.00000364. The molecule has 0 unspecified atom stereocenters. The molecule has 1 fully saturated rings. The minimum absolute atomic E-state index is 0. The van der Waals surface area contributed by atoms with Gasteiger partial charge in [0.15, 0.2) is 15.8 Å². The van der Waals surface area contributed by atoms with E-state index in [0.717, 1.165) is 24.8 Å². The molecule has 0 amide bonds. The molecule has 0 spiro atoms. The van der Waals surface area contributed by atoms with Crippen LogP contribution >= 0.6 is 35.6 Å². The first-order valence-electron chi connectivity index (χ1n) is 8.62. The van der Waals surface area contributed by atoms with Crippen LogP contribution in [0.1, 0.15) is 0 Å². The van der Waals surface area contributed by atoms with Gasteiger partial charge in [-0.25, -0.2) is 8.42 Å². The molecular weight excluding hydrogens is 503 g/mol. The van der Waals surface area contributed by atoms with Crippen molar-refractivity contribution in [2.24, 2.45) is 4.99 Å². The highest BCUT2D eigenvalue weighted by molar-refractivity contribution is 14.0. The molecule has 0 atom stereocenters. The fourth-order valence-electron chi connectivity index (χ4n) is 2.62. The van der Waals surface area contributed by atoms with Gasteiger partial charge >= 0.3 is 0 Å². The minimum atomic E-state index is -2.83. The van der Waals surface area contributed by atoms with Crippen LogP contribution < -0.4 is 10.1 Å². The first-order chi connectivity index (χ1) is 12.4. The summed E-state index contributed by atoms with van der Waals surface area (Å²) in [5, 5.41) is 3.99. The number of likely N-dealkylation sites (N-methyl/N-ethyl adjacent to an activating group) is 1. The van der Waals surface area contributed by atoms with Gasteiger partial charge in [-0.05, 0) is 24.3 Å². The van der Waals surface area contributed by atoms with Crippen LogP contribution in [0.3, 0.4) is 0 Å². The molecule has 0 bridgehead atoms. The third kappa shape index (κ3) is 8.84. The van der Waals surface area contributed by atoms with E-state index in [1.54, 1.807) is 19.2 Å². The van der Waals surface area contributed by atoms with Crippen LogP contribution in [0.5, 0.6) is 5.75 Å². The Morgan fingerprint density at radius 2 is 1.93 bits per heavy atom. The standard InChI is InChI=1S/C17H27ClN4O3S.HI/c1-19-17(20-7-8-22-10-13-26(23,24)14-11-22)21(2)9-12-25-16-5-3-15(18)4-6-16;/h3-6H,7-14H2,1-2H3,(H,19,20);1H. The zero-order valence-corrected chi connectivity index (χ0v) is 19.6. The summed E-state index contributed by atoms with van der Waals surface area (Å²) < 4.78 is 28.6. The maximum Gasteiger partial charge on any atom is 0.193 e. The highest BCUT2D eigenvalue weighted by Gasteiger charge is 2.21. The van der Waals surface area contributed by atoms with E-state index >= 15 is 0 Å². The van der Waals surface area contributed by atoms with Crippen LogP contribution in [0, 0.1) is 0 Å². The van der Waals surface area contributed by atoms with E-state index in [-0.39, 0.29) is 35.5 Å². The number of aliphatic imine (C=N–C) groups is 1. The summed E-state index contributed by atoms with van der Waals surface area (Å²) in [5.41, 5.74) is 0. The van der Waals surface area contributed by atoms with E-state index in [2.05, 4.69) is 15.2 Å². The molecule has 1 aliphatic heterocycles. The number of rotatable bonds is 7. The smallest absolute Gasteiger partial charge is 0.193 e. The predicted molar refractivity (Wildman–Crippen MR) is 121 cm³/mol. The van der Waals surface area contributed by atoms with Crippen molar-refractivity contribution in [3.63, 3.8) is 0 Å². The number of halogens is 2. The number of hydrogen-bond donors (Lipinski definition) is 1. The summed E-state index contributed by atoms with van der Waals surface area (Å²) >= 11 is 5.85. The number of ether oxygens (including phenoxy) is 1. The molecule has 0 radical (unpaired) electrons. The fraction of sp³-hybridized carbons (Fsp3) is 0.588. The second kappa shape index (κ2) is 11.9. The Bertz CT molecular complexity index is 687. The second-order valence-electron chi connectivity index (χ2n) is 6.19. The van der Waals surface area contributed by atoms with E-state index in [0.29, 0.717) is 31.3 Å². The molecular formula is C17H28ClIN4O3S. The summed E-state index contributed by atoms with van der Waals surface area (Å²) in [4.78, 5) is 8.43. The predicted octanol–water partition coefficient (Wildman–Crippen LogP) is 1.57. The lowest BCUT2D eigenvalue weighted by atomic mass is 10.3. The molecule has 0 saturated carbocycles.